The molecule has 142 valence electrons. The standard InChI is InChI=1S/C19H24N6OS/c26-18(21-19-20-6-8-27-19)16-11-24-7-5-14(16)9-15(24)10-25-12-17(22-23-25)13-3-1-2-4-13/h3,6,8,12,14-16H,1-2,4-5,7,9-11H2,(H,20,21,26)/t14-,15-,16-/m1/s1. The first-order valence-corrected chi connectivity index (χ1v) is 10.7. The molecule has 3 fully saturated rings. The summed E-state index contributed by atoms with van der Waals surface area (Å²) in [6.07, 6.45) is 11.7. The smallest absolute Gasteiger partial charge is 0.230 e. The number of rotatable bonds is 5. The Bertz CT molecular complexity index is 844. The van der Waals surface area contributed by atoms with Gasteiger partial charge in [0, 0.05) is 24.2 Å². The maximum atomic E-state index is 12.7. The molecule has 8 heteroatoms. The molecule has 6 rings (SSSR count). The van der Waals surface area contributed by atoms with Gasteiger partial charge in [-0.3, -0.25) is 14.4 Å². The number of piperidine rings is 3. The predicted octanol–water partition coefficient (Wildman–Crippen LogP) is 2.65. The Labute approximate surface area is 162 Å². The van der Waals surface area contributed by atoms with Gasteiger partial charge in [0.05, 0.1) is 18.7 Å². The number of anilines is 1. The maximum absolute atomic E-state index is 12.7. The molecule has 2 aromatic rings. The molecule has 0 spiro atoms. The number of hydrogen-bond acceptors (Lipinski definition) is 6. The van der Waals surface area contributed by atoms with Crippen molar-refractivity contribution in [2.45, 2.75) is 44.7 Å². The third-order valence-corrected chi connectivity index (χ3v) is 6.87. The van der Waals surface area contributed by atoms with E-state index in [1.165, 1.54) is 23.3 Å². The third-order valence-electron chi connectivity index (χ3n) is 6.18. The van der Waals surface area contributed by atoms with E-state index in [2.05, 4.69) is 37.8 Å². The normalized spacial score (nSPS) is 29.7. The van der Waals surface area contributed by atoms with Crippen LogP contribution in [0.1, 0.15) is 37.8 Å². The van der Waals surface area contributed by atoms with Crippen LogP contribution in [-0.2, 0) is 11.3 Å². The molecule has 7 nitrogen and oxygen atoms in total. The van der Waals surface area contributed by atoms with Crippen LogP contribution in [0.3, 0.4) is 0 Å². The summed E-state index contributed by atoms with van der Waals surface area (Å²) in [5, 5.41) is 14.3. The van der Waals surface area contributed by atoms with Gasteiger partial charge < -0.3 is 5.32 Å². The van der Waals surface area contributed by atoms with E-state index in [1.807, 2.05) is 10.1 Å². The molecule has 3 aliphatic heterocycles. The molecule has 4 atom stereocenters. The molecule has 1 unspecified atom stereocenters. The van der Waals surface area contributed by atoms with E-state index < -0.39 is 0 Å². The highest BCUT2D eigenvalue weighted by molar-refractivity contribution is 7.13. The van der Waals surface area contributed by atoms with Crippen LogP contribution >= 0.6 is 11.3 Å². The number of thiazole rings is 1. The molecule has 1 amide bonds. The second-order valence-electron chi connectivity index (χ2n) is 7.81. The lowest BCUT2D eigenvalue weighted by atomic mass is 9.75. The van der Waals surface area contributed by atoms with Gasteiger partial charge >= 0.3 is 0 Å². The number of carbonyl (C=O) groups excluding carboxylic acids is 1. The lowest BCUT2D eigenvalue weighted by molar-refractivity contribution is -0.127. The van der Waals surface area contributed by atoms with Gasteiger partial charge in [-0.25, -0.2) is 4.98 Å². The van der Waals surface area contributed by atoms with E-state index in [1.54, 1.807) is 6.20 Å². The lowest BCUT2D eigenvalue weighted by Crippen LogP contribution is -2.57. The number of aromatic nitrogens is 4. The van der Waals surface area contributed by atoms with Crippen molar-refractivity contribution in [3.8, 4) is 0 Å². The molecule has 0 saturated carbocycles. The molecule has 2 aromatic heterocycles. The van der Waals surface area contributed by atoms with E-state index >= 15 is 0 Å². The largest absolute Gasteiger partial charge is 0.302 e. The summed E-state index contributed by atoms with van der Waals surface area (Å²) in [6, 6.07) is 0.444. The van der Waals surface area contributed by atoms with Crippen LogP contribution in [0.2, 0.25) is 0 Å². The van der Waals surface area contributed by atoms with Crippen molar-refractivity contribution in [3.05, 3.63) is 29.5 Å². The fourth-order valence-electron chi connectivity index (χ4n) is 4.76. The number of allylic oxidation sites excluding steroid dienone is 2. The van der Waals surface area contributed by atoms with Gasteiger partial charge in [0.2, 0.25) is 5.91 Å². The minimum absolute atomic E-state index is 0.0638. The Morgan fingerprint density at radius 1 is 1.41 bits per heavy atom. The molecule has 0 radical (unpaired) electrons. The number of carbonyl (C=O) groups is 1. The molecule has 1 aliphatic carbocycles. The fourth-order valence-corrected chi connectivity index (χ4v) is 5.29. The van der Waals surface area contributed by atoms with E-state index in [4.69, 9.17) is 0 Å². The average molecular weight is 385 g/mol. The van der Waals surface area contributed by atoms with Crippen LogP contribution in [0.4, 0.5) is 5.13 Å². The van der Waals surface area contributed by atoms with Crippen LogP contribution in [-0.4, -0.2) is 49.9 Å². The number of nitrogens with zero attached hydrogens (tertiary/aromatic N) is 5. The molecule has 2 bridgehead atoms. The Hall–Kier alpha value is -2.06. The van der Waals surface area contributed by atoms with Crippen molar-refractivity contribution >= 4 is 27.9 Å². The van der Waals surface area contributed by atoms with Crippen LogP contribution < -0.4 is 5.32 Å². The van der Waals surface area contributed by atoms with Crippen molar-refractivity contribution in [2.75, 3.05) is 18.4 Å². The van der Waals surface area contributed by atoms with Crippen molar-refractivity contribution in [2.24, 2.45) is 11.8 Å². The first kappa shape index (κ1) is 17.1. The van der Waals surface area contributed by atoms with Gasteiger partial charge in [-0.15, -0.1) is 16.4 Å². The molecule has 0 aromatic carbocycles. The second-order valence-corrected chi connectivity index (χ2v) is 8.71. The van der Waals surface area contributed by atoms with E-state index in [0.717, 1.165) is 51.0 Å². The summed E-state index contributed by atoms with van der Waals surface area (Å²) in [5.74, 6) is 0.628. The Kier molecular flexibility index (Phi) is 4.53. The van der Waals surface area contributed by atoms with Crippen molar-refractivity contribution in [1.82, 2.24) is 24.9 Å². The summed E-state index contributed by atoms with van der Waals surface area (Å²) in [6.45, 7) is 2.76. The monoisotopic (exact) mass is 384 g/mol. The zero-order valence-electron chi connectivity index (χ0n) is 15.3. The molecule has 27 heavy (non-hydrogen) atoms. The highest BCUT2D eigenvalue weighted by Gasteiger charge is 2.43. The molecule has 3 saturated heterocycles. The van der Waals surface area contributed by atoms with Crippen LogP contribution in [0.5, 0.6) is 0 Å². The minimum atomic E-state index is 0.0638. The van der Waals surface area contributed by atoms with Crippen molar-refractivity contribution in [1.29, 1.82) is 0 Å². The second kappa shape index (κ2) is 7.16. The third kappa shape index (κ3) is 3.43. The van der Waals surface area contributed by atoms with Crippen LogP contribution in [0.25, 0.3) is 5.57 Å². The number of nitrogens with one attached hydrogen (secondary N) is 1. The summed E-state index contributed by atoms with van der Waals surface area (Å²) < 4.78 is 1.99. The van der Waals surface area contributed by atoms with Gasteiger partial charge in [-0.1, -0.05) is 11.3 Å². The highest BCUT2D eigenvalue weighted by Crippen LogP contribution is 2.37. The molecule has 5 heterocycles. The highest BCUT2D eigenvalue weighted by atomic mass is 32.1. The zero-order chi connectivity index (χ0) is 18.2. The van der Waals surface area contributed by atoms with E-state index in [0.29, 0.717) is 17.1 Å². The summed E-state index contributed by atoms with van der Waals surface area (Å²) >= 11 is 1.47. The Morgan fingerprint density at radius 3 is 3.11 bits per heavy atom. The average Bonchev–Trinajstić information content (AvgIpc) is 3.45. The molecule has 4 aliphatic rings. The number of hydrogen-bond donors (Lipinski definition) is 1. The zero-order valence-corrected chi connectivity index (χ0v) is 16.1. The summed E-state index contributed by atoms with van der Waals surface area (Å²) in [5.41, 5.74) is 2.37. The van der Waals surface area contributed by atoms with Crippen LogP contribution in [0, 0.1) is 11.8 Å². The maximum Gasteiger partial charge on any atom is 0.230 e. The van der Waals surface area contributed by atoms with Gasteiger partial charge in [0.25, 0.3) is 0 Å². The molecular formula is C19H24N6OS. The SMILES string of the molecule is O=C(Nc1nccs1)[C@@H]1CN2CC[C@@H]1C[C@@H]2Cn1cc(C2=CCCC2)nn1. The number of amides is 1. The quantitative estimate of drug-likeness (QED) is 0.858. The fraction of sp³-hybridized carbons (Fsp3) is 0.579. The first-order valence-electron chi connectivity index (χ1n) is 9.80. The van der Waals surface area contributed by atoms with Crippen molar-refractivity contribution in [3.63, 3.8) is 0 Å². The summed E-state index contributed by atoms with van der Waals surface area (Å²) in [4.78, 5) is 19.3. The van der Waals surface area contributed by atoms with Crippen LogP contribution in [0.15, 0.2) is 23.8 Å². The van der Waals surface area contributed by atoms with E-state index in [-0.39, 0.29) is 11.8 Å². The Balaban J connectivity index is 1.22. The van der Waals surface area contributed by atoms with E-state index in [9.17, 15) is 4.79 Å². The predicted molar refractivity (Wildman–Crippen MR) is 104 cm³/mol. The van der Waals surface area contributed by atoms with Gasteiger partial charge in [-0.2, -0.15) is 0 Å². The van der Waals surface area contributed by atoms with Gasteiger partial charge in [-0.05, 0) is 50.1 Å². The summed E-state index contributed by atoms with van der Waals surface area (Å²) in [7, 11) is 0. The van der Waals surface area contributed by atoms with Gasteiger partial charge in [0.1, 0.15) is 5.69 Å². The van der Waals surface area contributed by atoms with Crippen molar-refractivity contribution < 1.29 is 4.79 Å². The molecule has 1 N–H and O–H groups in total. The lowest BCUT2D eigenvalue weighted by Gasteiger charge is -2.49. The number of fused-ring (bicyclic) bond motifs is 3. The van der Waals surface area contributed by atoms with Gasteiger partial charge in [0.15, 0.2) is 5.13 Å². The Morgan fingerprint density at radius 2 is 2.37 bits per heavy atom. The first-order chi connectivity index (χ1) is 13.3. The topological polar surface area (TPSA) is 75.9 Å². The minimum Gasteiger partial charge on any atom is -0.302 e. The molecular weight excluding hydrogens is 360 g/mol.